The lowest BCUT2D eigenvalue weighted by Gasteiger charge is -2.11. The van der Waals surface area contributed by atoms with Gasteiger partial charge in [-0.1, -0.05) is 12.7 Å². The maximum atomic E-state index is 10.3. The summed E-state index contributed by atoms with van der Waals surface area (Å²) in [7, 11) is 0. The molecule has 0 bridgehead atoms. The molecular weight excluding hydrogens is 180 g/mol. The number of carbonyl (C=O) groups excluding carboxylic acids is 1. The first kappa shape index (κ1) is 10.4. The molecular formula is C11H12O3. The van der Waals surface area contributed by atoms with Crippen LogP contribution in [0.25, 0.3) is 0 Å². The molecule has 0 aromatic rings. The second kappa shape index (κ2) is 5.84. The van der Waals surface area contributed by atoms with E-state index in [9.17, 15) is 4.79 Å². The maximum Gasteiger partial charge on any atom is 0.128 e. The predicted octanol–water partition coefficient (Wildman–Crippen LogP) is 1.76. The molecule has 1 rings (SSSR count). The van der Waals surface area contributed by atoms with Crippen LogP contribution < -0.4 is 0 Å². The summed E-state index contributed by atoms with van der Waals surface area (Å²) < 4.78 is 10.2. The van der Waals surface area contributed by atoms with Crippen LogP contribution in [0.1, 0.15) is 6.42 Å². The average Bonchev–Trinajstić information content (AvgIpc) is 2.25. The summed E-state index contributed by atoms with van der Waals surface area (Å²) in [6.45, 7) is 4.33. The monoisotopic (exact) mass is 192 g/mol. The van der Waals surface area contributed by atoms with Crippen LogP contribution in [0.5, 0.6) is 0 Å². The minimum atomic E-state index is 0.456. The molecule has 3 heteroatoms. The fourth-order valence-corrected chi connectivity index (χ4v) is 1.05. The average molecular weight is 192 g/mol. The third-order valence-electron chi connectivity index (χ3n) is 1.68. The normalized spacial score (nSPS) is 14.3. The van der Waals surface area contributed by atoms with Crippen molar-refractivity contribution in [1.82, 2.24) is 0 Å². The summed E-state index contributed by atoms with van der Waals surface area (Å²) in [5.41, 5.74) is 0.604. The van der Waals surface area contributed by atoms with Crippen LogP contribution in [0.15, 0.2) is 42.4 Å². The zero-order valence-corrected chi connectivity index (χ0v) is 7.86. The van der Waals surface area contributed by atoms with Crippen LogP contribution in [0, 0.1) is 0 Å². The Kier molecular flexibility index (Phi) is 4.32. The lowest BCUT2D eigenvalue weighted by molar-refractivity contribution is 0.129. The highest BCUT2D eigenvalue weighted by Gasteiger charge is 2.05. The SMILES string of the molecule is C=COCCOC1=CC=CC(=C=O)C1. The van der Waals surface area contributed by atoms with Crippen molar-refractivity contribution in [3.8, 4) is 0 Å². The molecule has 0 aliphatic heterocycles. The molecule has 0 saturated carbocycles. The van der Waals surface area contributed by atoms with Crippen LogP contribution in [0.4, 0.5) is 0 Å². The van der Waals surface area contributed by atoms with E-state index in [1.54, 1.807) is 12.2 Å². The second-order valence-corrected chi connectivity index (χ2v) is 2.68. The molecule has 74 valence electrons. The fourth-order valence-electron chi connectivity index (χ4n) is 1.05. The summed E-state index contributed by atoms with van der Waals surface area (Å²) in [6, 6.07) is 0. The minimum Gasteiger partial charge on any atom is -0.498 e. The molecule has 0 heterocycles. The van der Waals surface area contributed by atoms with E-state index in [0.717, 1.165) is 5.76 Å². The van der Waals surface area contributed by atoms with Crippen molar-refractivity contribution in [2.24, 2.45) is 0 Å². The lowest BCUT2D eigenvalue weighted by atomic mass is 10.1. The number of ether oxygens (including phenoxy) is 2. The van der Waals surface area contributed by atoms with Gasteiger partial charge in [-0.3, -0.25) is 0 Å². The number of hydrogen-bond acceptors (Lipinski definition) is 3. The molecule has 14 heavy (non-hydrogen) atoms. The molecule has 1 aliphatic rings. The van der Waals surface area contributed by atoms with Gasteiger partial charge in [0.25, 0.3) is 0 Å². The number of allylic oxidation sites excluding steroid dienone is 4. The Balaban J connectivity index is 2.32. The Morgan fingerprint density at radius 1 is 1.57 bits per heavy atom. The second-order valence-electron chi connectivity index (χ2n) is 2.68. The van der Waals surface area contributed by atoms with Gasteiger partial charge in [0, 0.05) is 12.0 Å². The molecule has 0 aromatic heterocycles. The van der Waals surface area contributed by atoms with Gasteiger partial charge in [0.15, 0.2) is 0 Å². The van der Waals surface area contributed by atoms with Crippen molar-refractivity contribution in [2.45, 2.75) is 6.42 Å². The van der Waals surface area contributed by atoms with Gasteiger partial charge < -0.3 is 9.47 Å². The van der Waals surface area contributed by atoms with Gasteiger partial charge >= 0.3 is 0 Å². The smallest absolute Gasteiger partial charge is 0.128 e. The quantitative estimate of drug-likeness (QED) is 0.378. The Morgan fingerprint density at radius 3 is 3.14 bits per heavy atom. The van der Waals surface area contributed by atoms with Gasteiger partial charge in [0.05, 0.1) is 6.26 Å². The highest BCUT2D eigenvalue weighted by molar-refractivity contribution is 5.59. The largest absolute Gasteiger partial charge is 0.498 e. The van der Waals surface area contributed by atoms with Crippen molar-refractivity contribution in [2.75, 3.05) is 13.2 Å². The lowest BCUT2D eigenvalue weighted by Crippen LogP contribution is -2.03. The van der Waals surface area contributed by atoms with E-state index in [2.05, 4.69) is 6.58 Å². The number of rotatable bonds is 5. The van der Waals surface area contributed by atoms with E-state index in [-0.39, 0.29) is 0 Å². The van der Waals surface area contributed by atoms with E-state index in [4.69, 9.17) is 9.47 Å². The van der Waals surface area contributed by atoms with Crippen LogP contribution in [-0.2, 0) is 14.3 Å². The van der Waals surface area contributed by atoms with Crippen molar-refractivity contribution in [3.05, 3.63) is 42.4 Å². The minimum absolute atomic E-state index is 0.456. The molecule has 0 radical (unpaired) electrons. The number of hydrogen-bond donors (Lipinski definition) is 0. The van der Waals surface area contributed by atoms with Crippen molar-refractivity contribution < 1.29 is 14.3 Å². The highest BCUT2D eigenvalue weighted by Crippen LogP contribution is 2.16. The molecule has 0 amide bonds. The maximum absolute atomic E-state index is 10.3. The Bertz CT molecular complexity index is 306. The first-order valence-electron chi connectivity index (χ1n) is 4.33. The molecule has 1 aliphatic carbocycles. The van der Waals surface area contributed by atoms with Crippen LogP contribution >= 0.6 is 0 Å². The molecule has 0 atom stereocenters. The zero-order chi connectivity index (χ0) is 10.2. The van der Waals surface area contributed by atoms with Crippen LogP contribution in [0.3, 0.4) is 0 Å². The third-order valence-corrected chi connectivity index (χ3v) is 1.68. The summed E-state index contributed by atoms with van der Waals surface area (Å²) in [6.07, 6.45) is 7.20. The van der Waals surface area contributed by atoms with Crippen LogP contribution in [0.2, 0.25) is 0 Å². The van der Waals surface area contributed by atoms with Crippen molar-refractivity contribution >= 4 is 5.94 Å². The Labute approximate surface area is 83.0 Å². The summed E-state index contributed by atoms with van der Waals surface area (Å²) in [5.74, 6) is 2.61. The standard InChI is InChI=1S/C11H12O3/c1-2-13-6-7-14-11-5-3-4-10(8-11)9-12/h2-5H,1,6-8H2. The summed E-state index contributed by atoms with van der Waals surface area (Å²) in [5, 5.41) is 0. The molecule has 0 unspecified atom stereocenters. The van der Waals surface area contributed by atoms with E-state index in [1.807, 2.05) is 12.0 Å². The molecule has 0 aromatic carbocycles. The summed E-state index contributed by atoms with van der Waals surface area (Å²) >= 11 is 0. The Morgan fingerprint density at radius 2 is 2.43 bits per heavy atom. The predicted molar refractivity (Wildman–Crippen MR) is 53.1 cm³/mol. The molecule has 0 fully saturated rings. The van der Waals surface area contributed by atoms with E-state index in [0.29, 0.717) is 25.2 Å². The van der Waals surface area contributed by atoms with Gasteiger partial charge in [-0.15, -0.1) is 0 Å². The van der Waals surface area contributed by atoms with Gasteiger partial charge in [0.1, 0.15) is 24.9 Å². The highest BCUT2D eigenvalue weighted by atomic mass is 16.5. The van der Waals surface area contributed by atoms with Crippen molar-refractivity contribution in [3.63, 3.8) is 0 Å². The van der Waals surface area contributed by atoms with Crippen molar-refractivity contribution in [1.29, 1.82) is 0 Å². The van der Waals surface area contributed by atoms with Crippen LogP contribution in [-0.4, -0.2) is 19.2 Å². The molecule has 0 N–H and O–H groups in total. The van der Waals surface area contributed by atoms with E-state index >= 15 is 0 Å². The third kappa shape index (κ3) is 3.33. The summed E-state index contributed by atoms with van der Waals surface area (Å²) in [4.78, 5) is 10.3. The van der Waals surface area contributed by atoms with Gasteiger partial charge in [0.2, 0.25) is 0 Å². The molecule has 0 saturated heterocycles. The van der Waals surface area contributed by atoms with Gasteiger partial charge in [-0.2, -0.15) is 0 Å². The van der Waals surface area contributed by atoms with Gasteiger partial charge in [-0.05, 0) is 12.2 Å². The molecule has 0 spiro atoms. The first-order valence-corrected chi connectivity index (χ1v) is 4.33. The van der Waals surface area contributed by atoms with E-state index in [1.165, 1.54) is 6.26 Å². The topological polar surface area (TPSA) is 35.5 Å². The fraction of sp³-hybridized carbons (Fsp3) is 0.273. The zero-order valence-electron chi connectivity index (χ0n) is 7.86. The molecule has 3 nitrogen and oxygen atoms in total. The van der Waals surface area contributed by atoms with Gasteiger partial charge in [-0.25, -0.2) is 4.79 Å². The first-order chi connectivity index (χ1) is 6.86. The Hall–Kier alpha value is -1.73. The van der Waals surface area contributed by atoms with E-state index < -0.39 is 0 Å².